The molecule has 4 saturated heterocycles. The zero-order chi connectivity index (χ0) is 31.9. The zero-order valence-electron chi connectivity index (χ0n) is 26.9. The van der Waals surface area contributed by atoms with Gasteiger partial charge < -0.3 is 33.7 Å². The van der Waals surface area contributed by atoms with Gasteiger partial charge in [0.15, 0.2) is 11.6 Å². The maximum atomic E-state index is 13.0. The lowest BCUT2D eigenvalue weighted by molar-refractivity contribution is -0.288. The van der Waals surface area contributed by atoms with E-state index < -0.39 is 23.5 Å². The number of nitrogens with zero attached hydrogens (tertiary/aromatic N) is 4. The summed E-state index contributed by atoms with van der Waals surface area (Å²) >= 11 is 0. The molecule has 4 aliphatic rings. The highest BCUT2D eigenvalue weighted by molar-refractivity contribution is 6.04. The van der Waals surface area contributed by atoms with Crippen LogP contribution in [0.4, 0.5) is 5.69 Å². The Bertz CT molecular complexity index is 1540. The molecule has 0 radical (unpaired) electrons. The molecule has 246 valence electrons. The average molecular weight is 634 g/mol. The van der Waals surface area contributed by atoms with Crippen LogP contribution < -0.4 is 10.1 Å². The largest absolute Gasteiger partial charge is 0.492 e. The van der Waals surface area contributed by atoms with Crippen LogP contribution in [0.3, 0.4) is 0 Å². The summed E-state index contributed by atoms with van der Waals surface area (Å²) in [5, 5.41) is 11.8. The molecule has 2 aromatic carbocycles. The first-order valence-corrected chi connectivity index (χ1v) is 16.2. The van der Waals surface area contributed by atoms with E-state index >= 15 is 0 Å². The van der Waals surface area contributed by atoms with E-state index in [1.807, 2.05) is 70.3 Å². The minimum atomic E-state index is -1.12. The molecule has 1 amide bonds. The molecule has 12 nitrogen and oxygen atoms in total. The summed E-state index contributed by atoms with van der Waals surface area (Å²) in [5.74, 6) is -2.19. The summed E-state index contributed by atoms with van der Waals surface area (Å²) in [4.78, 5) is 15.5. The van der Waals surface area contributed by atoms with Crippen LogP contribution in [-0.2, 0) is 30.2 Å². The first kappa shape index (κ1) is 31.2. The summed E-state index contributed by atoms with van der Waals surface area (Å²) < 4.78 is 38.8. The van der Waals surface area contributed by atoms with Crippen molar-refractivity contribution in [3.63, 3.8) is 0 Å². The Labute approximate surface area is 269 Å². The number of carbonyl (C=O) groups is 1. The Morgan fingerprint density at radius 2 is 1.80 bits per heavy atom. The van der Waals surface area contributed by atoms with Crippen molar-refractivity contribution in [3.05, 3.63) is 60.3 Å². The number of aromatic nitrogens is 3. The van der Waals surface area contributed by atoms with E-state index in [0.29, 0.717) is 30.2 Å². The number of anilines is 1. The number of amides is 1. The second-order valence-electron chi connectivity index (χ2n) is 13.4. The quantitative estimate of drug-likeness (QED) is 0.362. The van der Waals surface area contributed by atoms with Crippen molar-refractivity contribution in [2.24, 2.45) is 0 Å². The molecule has 0 saturated carbocycles. The van der Waals surface area contributed by atoms with Gasteiger partial charge >= 0.3 is 0 Å². The number of fused-ring (bicyclic) bond motifs is 3. The topological polar surface area (TPSA) is 118 Å². The van der Waals surface area contributed by atoms with Gasteiger partial charge in [-0.1, -0.05) is 23.8 Å². The number of ether oxygens (including phenoxy) is 6. The van der Waals surface area contributed by atoms with Crippen LogP contribution in [0.25, 0.3) is 11.3 Å². The number of hydrogen-bond donors (Lipinski definition) is 1. The van der Waals surface area contributed by atoms with Crippen molar-refractivity contribution in [2.75, 3.05) is 38.2 Å². The molecule has 3 aromatic rings. The van der Waals surface area contributed by atoms with Crippen LogP contribution in [-0.4, -0.2) is 94.3 Å². The lowest BCUT2D eigenvalue weighted by atomic mass is 9.97. The van der Waals surface area contributed by atoms with Gasteiger partial charge in [0.2, 0.25) is 5.79 Å². The summed E-state index contributed by atoms with van der Waals surface area (Å²) in [7, 11) is 0. The van der Waals surface area contributed by atoms with Gasteiger partial charge in [-0.25, -0.2) is 4.68 Å². The maximum Gasteiger partial charge on any atom is 0.255 e. The molecule has 1 aromatic heterocycles. The molecule has 7 rings (SSSR count). The van der Waals surface area contributed by atoms with Gasteiger partial charge in [0.25, 0.3) is 5.91 Å². The minimum Gasteiger partial charge on any atom is -0.492 e. The Hall–Kier alpha value is -3.39. The van der Waals surface area contributed by atoms with Crippen LogP contribution in [0.5, 0.6) is 5.75 Å². The smallest absolute Gasteiger partial charge is 0.255 e. The number of hydrogen-bond acceptors (Lipinski definition) is 10. The fourth-order valence-corrected chi connectivity index (χ4v) is 6.83. The van der Waals surface area contributed by atoms with Crippen LogP contribution in [0.1, 0.15) is 57.3 Å². The first-order valence-electron chi connectivity index (χ1n) is 16.2. The normalized spacial score (nSPS) is 28.4. The van der Waals surface area contributed by atoms with E-state index in [0.717, 1.165) is 30.9 Å². The van der Waals surface area contributed by atoms with E-state index in [-0.39, 0.29) is 24.7 Å². The molecule has 0 aliphatic carbocycles. The number of piperidine rings is 1. The Morgan fingerprint density at radius 1 is 1.00 bits per heavy atom. The summed E-state index contributed by atoms with van der Waals surface area (Å²) in [6.45, 7) is 11.9. The SMILES string of the molecule is CC1(C)O[C@@H]2[C@@H](CO[C@@]3(Cn4cc(-c5cccc(NC(=O)c6ccc(OCCN7CCCCC7)cc6)c5)nn4)OC(C)(C)O[C@@H]23)O1. The van der Waals surface area contributed by atoms with Crippen molar-refractivity contribution < 1.29 is 33.2 Å². The number of nitrogens with one attached hydrogen (secondary N) is 1. The van der Waals surface area contributed by atoms with Gasteiger partial charge in [0, 0.05) is 23.4 Å². The highest BCUT2D eigenvalue weighted by atomic mass is 16.9. The summed E-state index contributed by atoms with van der Waals surface area (Å²) in [6.07, 6.45) is 4.56. The van der Waals surface area contributed by atoms with Crippen molar-refractivity contribution in [1.29, 1.82) is 0 Å². The lowest BCUT2D eigenvalue weighted by Crippen LogP contribution is -2.60. The molecule has 0 spiro atoms. The van der Waals surface area contributed by atoms with E-state index in [1.165, 1.54) is 19.3 Å². The molecule has 4 atom stereocenters. The van der Waals surface area contributed by atoms with Gasteiger partial charge in [-0.05, 0) is 90.0 Å². The fraction of sp³-hybridized carbons (Fsp3) is 0.559. The van der Waals surface area contributed by atoms with Crippen LogP contribution >= 0.6 is 0 Å². The monoisotopic (exact) mass is 633 g/mol. The predicted octanol–water partition coefficient (Wildman–Crippen LogP) is 4.46. The Kier molecular flexibility index (Phi) is 8.37. The molecule has 46 heavy (non-hydrogen) atoms. The van der Waals surface area contributed by atoms with Crippen molar-refractivity contribution in [2.45, 2.75) is 89.2 Å². The molecular weight excluding hydrogens is 590 g/mol. The number of carbonyl (C=O) groups excluding carboxylic acids is 1. The predicted molar refractivity (Wildman–Crippen MR) is 168 cm³/mol. The van der Waals surface area contributed by atoms with Crippen molar-refractivity contribution in [1.82, 2.24) is 19.9 Å². The third-order valence-electron chi connectivity index (χ3n) is 8.85. The van der Waals surface area contributed by atoms with Gasteiger partial charge in [-0.2, -0.15) is 0 Å². The Morgan fingerprint density at radius 3 is 2.61 bits per heavy atom. The number of benzene rings is 2. The highest BCUT2D eigenvalue weighted by Gasteiger charge is 2.65. The van der Waals surface area contributed by atoms with Crippen molar-refractivity contribution in [3.8, 4) is 17.0 Å². The van der Waals surface area contributed by atoms with Crippen molar-refractivity contribution >= 4 is 11.6 Å². The van der Waals surface area contributed by atoms with E-state index in [2.05, 4.69) is 20.5 Å². The third kappa shape index (κ3) is 6.69. The average Bonchev–Trinajstić information content (AvgIpc) is 3.70. The standard InChI is InChI=1S/C34H43N5O7/c1-32(2)43-28-21-42-34(30(29(28)44-32)45-33(3,4)46-34)22-39-20-27(36-37-39)24-9-8-10-25(19-24)35-31(40)23-11-13-26(14-12-23)41-18-17-38-15-6-5-7-16-38/h8-14,19-20,28-30H,5-7,15-18,21-22H2,1-4H3,(H,35,40)/t28-,29-,30+,34+/m1/s1. The third-order valence-corrected chi connectivity index (χ3v) is 8.85. The lowest BCUT2D eigenvalue weighted by Gasteiger charge is -2.40. The molecule has 4 aliphatic heterocycles. The highest BCUT2D eigenvalue weighted by Crippen LogP contribution is 2.48. The number of rotatable bonds is 9. The van der Waals surface area contributed by atoms with Gasteiger partial charge in [0.1, 0.15) is 36.4 Å². The molecule has 4 fully saturated rings. The summed E-state index contributed by atoms with van der Waals surface area (Å²) in [6, 6.07) is 14.8. The fourth-order valence-electron chi connectivity index (χ4n) is 6.83. The van der Waals surface area contributed by atoms with Crippen LogP contribution in [0, 0.1) is 0 Å². The minimum absolute atomic E-state index is 0.208. The first-order chi connectivity index (χ1) is 22.1. The van der Waals surface area contributed by atoms with E-state index in [9.17, 15) is 4.79 Å². The number of likely N-dealkylation sites (tertiary alicyclic amines) is 1. The second-order valence-corrected chi connectivity index (χ2v) is 13.4. The summed E-state index contributed by atoms with van der Waals surface area (Å²) in [5.41, 5.74) is 2.64. The Balaban J connectivity index is 0.981. The molecule has 0 bridgehead atoms. The van der Waals surface area contributed by atoms with E-state index in [4.69, 9.17) is 28.4 Å². The van der Waals surface area contributed by atoms with Gasteiger partial charge in [-0.3, -0.25) is 9.69 Å². The molecular formula is C34H43N5O7. The van der Waals surface area contributed by atoms with Gasteiger partial charge in [0.05, 0.1) is 19.3 Å². The second kappa shape index (κ2) is 12.3. The maximum absolute atomic E-state index is 13.0. The zero-order valence-corrected chi connectivity index (χ0v) is 26.9. The van der Waals surface area contributed by atoms with Crippen LogP contribution in [0.2, 0.25) is 0 Å². The van der Waals surface area contributed by atoms with Gasteiger partial charge in [-0.15, -0.1) is 5.10 Å². The molecule has 12 heteroatoms. The molecule has 5 heterocycles. The van der Waals surface area contributed by atoms with E-state index in [1.54, 1.807) is 16.8 Å². The van der Waals surface area contributed by atoms with Crippen LogP contribution in [0.15, 0.2) is 54.7 Å². The molecule has 1 N–H and O–H groups in total. The molecule has 0 unspecified atom stereocenters.